The lowest BCUT2D eigenvalue weighted by molar-refractivity contribution is 0.0946. The molecule has 15 heteroatoms. The maximum atomic E-state index is 13.2. The number of rotatable bonds is 10. The Balaban J connectivity index is 1.31. The number of hydrazone groups is 1. The Morgan fingerprint density at radius 2 is 2.07 bits per heavy atom. The number of ether oxygens (including phenoxy) is 2. The Hall–Kier alpha value is -4.01. The molecule has 2 aromatic heterocycles. The molecule has 1 aliphatic heterocycles. The van der Waals surface area contributed by atoms with Crippen molar-refractivity contribution in [2.24, 2.45) is 11.0 Å². The number of methoxy groups -OCH3 is 1. The number of likely N-dealkylation sites (tertiary alicyclic amines) is 1. The molecule has 0 atom stereocenters. The van der Waals surface area contributed by atoms with Gasteiger partial charge >= 0.3 is 0 Å². The lowest BCUT2D eigenvalue weighted by Gasteiger charge is -2.30. The number of nitrogens with two attached hydrogens (primary N) is 1. The van der Waals surface area contributed by atoms with Crippen molar-refractivity contribution in [3.8, 4) is 17.3 Å². The normalized spacial score (nSPS) is 14.4. The molecule has 42 heavy (non-hydrogen) atoms. The fourth-order valence-electron chi connectivity index (χ4n) is 4.50. The van der Waals surface area contributed by atoms with Crippen LogP contribution in [0.25, 0.3) is 5.82 Å². The minimum Gasteiger partial charge on any atom is -0.493 e. The third-order valence-corrected chi connectivity index (χ3v) is 7.84. The van der Waals surface area contributed by atoms with E-state index >= 15 is 0 Å². The Kier molecular flexibility index (Phi) is 9.35. The quantitative estimate of drug-likeness (QED) is 0.187. The molecule has 0 radical (unpaired) electrons. The van der Waals surface area contributed by atoms with Crippen LogP contribution in [0.3, 0.4) is 0 Å². The van der Waals surface area contributed by atoms with Crippen LogP contribution in [-0.4, -0.2) is 62.5 Å². The number of amides is 1. The van der Waals surface area contributed by atoms with E-state index in [4.69, 9.17) is 31.4 Å². The van der Waals surface area contributed by atoms with Crippen molar-refractivity contribution in [1.29, 1.82) is 0 Å². The topological polar surface area (TPSA) is 159 Å². The molecule has 0 unspecified atom stereocenters. The van der Waals surface area contributed by atoms with E-state index < -0.39 is 5.91 Å². The molecule has 0 saturated carbocycles. The van der Waals surface area contributed by atoms with E-state index in [2.05, 4.69) is 58.9 Å². The zero-order valence-electron chi connectivity index (χ0n) is 23.0. The van der Waals surface area contributed by atoms with Crippen LogP contribution in [0.4, 0.5) is 5.82 Å². The van der Waals surface area contributed by atoms with Crippen molar-refractivity contribution in [2.45, 2.75) is 32.9 Å². The maximum Gasteiger partial charge on any atom is 0.293 e. The molecule has 0 aliphatic carbocycles. The first-order valence-corrected chi connectivity index (χ1v) is 14.3. The second-order valence-corrected chi connectivity index (χ2v) is 11.1. The van der Waals surface area contributed by atoms with E-state index in [1.807, 2.05) is 18.2 Å². The van der Waals surface area contributed by atoms with Gasteiger partial charge < -0.3 is 15.2 Å². The zero-order chi connectivity index (χ0) is 29.6. The van der Waals surface area contributed by atoms with Crippen molar-refractivity contribution in [3.05, 3.63) is 68.4 Å². The van der Waals surface area contributed by atoms with Crippen LogP contribution in [0.2, 0.25) is 5.02 Å². The fraction of sp³-hybridized carbons (Fsp3) is 0.333. The van der Waals surface area contributed by atoms with Crippen molar-refractivity contribution >= 4 is 45.5 Å². The number of piperidine rings is 1. The monoisotopic (exact) mass is 657 g/mol. The number of anilines is 1. The molecule has 3 heterocycles. The van der Waals surface area contributed by atoms with Crippen molar-refractivity contribution < 1.29 is 18.9 Å². The molecule has 1 amide bonds. The molecule has 5 rings (SSSR count). The number of nitrogens with one attached hydrogen (secondary N) is 1. The van der Waals surface area contributed by atoms with E-state index in [0.29, 0.717) is 44.7 Å². The zero-order valence-corrected chi connectivity index (χ0v) is 25.3. The molecule has 1 aliphatic rings. The Bertz CT molecular complexity index is 1580. The minimum absolute atomic E-state index is 0.0391. The number of halogens is 2. The summed E-state index contributed by atoms with van der Waals surface area (Å²) in [5.41, 5.74) is 10.5. The van der Waals surface area contributed by atoms with Gasteiger partial charge in [0.05, 0.1) is 23.5 Å². The highest BCUT2D eigenvalue weighted by molar-refractivity contribution is 9.10. The summed E-state index contributed by atoms with van der Waals surface area (Å²) in [6, 6.07) is 11.0. The van der Waals surface area contributed by atoms with Crippen LogP contribution in [0.1, 0.15) is 47.1 Å². The molecular weight excluding hydrogens is 630 g/mol. The number of carbonyl (C=O) groups excluding carboxylic acids is 1. The van der Waals surface area contributed by atoms with Gasteiger partial charge in [-0.3, -0.25) is 9.69 Å². The number of nitrogens with zero attached hydrogens (tertiary/aromatic N) is 7. The first-order chi connectivity index (χ1) is 20.3. The summed E-state index contributed by atoms with van der Waals surface area (Å²) in [6.45, 7) is 4.67. The number of hydrogen-bond acceptors (Lipinski definition) is 11. The highest BCUT2D eigenvalue weighted by Gasteiger charge is 2.27. The number of aromatic nitrogens is 5. The molecule has 2 aromatic carbocycles. The van der Waals surface area contributed by atoms with Crippen LogP contribution in [0, 0.1) is 5.92 Å². The van der Waals surface area contributed by atoms with E-state index in [-0.39, 0.29) is 23.9 Å². The molecular formula is C27H29BrClN9O4. The third kappa shape index (κ3) is 6.72. The van der Waals surface area contributed by atoms with Gasteiger partial charge in [0, 0.05) is 17.1 Å². The maximum absolute atomic E-state index is 13.2. The molecule has 3 N–H and O–H groups in total. The smallest absolute Gasteiger partial charge is 0.293 e. The van der Waals surface area contributed by atoms with Crippen molar-refractivity contribution in [1.82, 2.24) is 35.6 Å². The van der Waals surface area contributed by atoms with E-state index in [1.54, 1.807) is 18.2 Å². The summed E-state index contributed by atoms with van der Waals surface area (Å²) in [5.74, 6) is 1.30. The van der Waals surface area contributed by atoms with Gasteiger partial charge in [-0.25, -0.2) is 10.1 Å². The first kappa shape index (κ1) is 29.5. The van der Waals surface area contributed by atoms with Gasteiger partial charge in [-0.2, -0.15) is 9.78 Å². The number of carbonyl (C=O) groups is 1. The highest BCUT2D eigenvalue weighted by Crippen LogP contribution is 2.37. The van der Waals surface area contributed by atoms with E-state index in [1.165, 1.54) is 18.0 Å². The van der Waals surface area contributed by atoms with Crippen LogP contribution in [0.5, 0.6) is 11.5 Å². The van der Waals surface area contributed by atoms with Crippen LogP contribution >= 0.6 is 27.5 Å². The van der Waals surface area contributed by atoms with Gasteiger partial charge in [0.1, 0.15) is 6.61 Å². The fourth-order valence-corrected chi connectivity index (χ4v) is 5.26. The summed E-state index contributed by atoms with van der Waals surface area (Å²) >= 11 is 9.79. The second-order valence-electron chi connectivity index (χ2n) is 9.84. The van der Waals surface area contributed by atoms with Gasteiger partial charge in [-0.1, -0.05) is 41.9 Å². The Morgan fingerprint density at radius 3 is 2.79 bits per heavy atom. The van der Waals surface area contributed by atoms with Crippen LogP contribution in [0.15, 0.2) is 50.6 Å². The third-order valence-electron chi connectivity index (χ3n) is 6.89. The predicted molar refractivity (Wildman–Crippen MR) is 159 cm³/mol. The van der Waals surface area contributed by atoms with Crippen LogP contribution < -0.4 is 20.6 Å². The molecule has 1 fully saturated rings. The molecule has 0 spiro atoms. The first-order valence-electron chi connectivity index (χ1n) is 13.2. The standard InChI is InChI=1S/C27H29BrClN9O4/c1-16-7-9-37(10-8-16)14-21-23(32-36-38(21)26-25(30)34-42-35-26)27(39)33-31-13-17-11-19(28)24(22(12-17)40-2)41-15-18-5-3-4-6-20(18)29/h3-6,11-13,16H,7-10,14-15H2,1-2H3,(H2,30,34)(H,33,39)/b31-13-. The molecule has 13 nitrogen and oxygen atoms in total. The second kappa shape index (κ2) is 13.3. The number of nitrogen functional groups attached to an aromatic ring is 1. The van der Waals surface area contributed by atoms with Gasteiger partial charge in [-0.05, 0) is 81.9 Å². The lowest BCUT2D eigenvalue weighted by atomic mass is 9.99. The molecule has 220 valence electrons. The van der Waals surface area contributed by atoms with E-state index in [0.717, 1.165) is 31.5 Å². The van der Waals surface area contributed by atoms with Gasteiger partial charge in [0.25, 0.3) is 5.91 Å². The summed E-state index contributed by atoms with van der Waals surface area (Å²) in [6.07, 6.45) is 3.60. The molecule has 0 bridgehead atoms. The van der Waals surface area contributed by atoms with E-state index in [9.17, 15) is 4.79 Å². The average Bonchev–Trinajstić information content (AvgIpc) is 3.59. The SMILES string of the molecule is COc1cc(/C=N\NC(=O)c2nnn(-c3nonc3N)c2CN2CCC(C)CC2)cc(Br)c1OCc1ccccc1Cl. The van der Waals surface area contributed by atoms with Gasteiger partial charge in [-0.15, -0.1) is 5.10 Å². The minimum atomic E-state index is -0.543. The lowest BCUT2D eigenvalue weighted by Crippen LogP contribution is -2.34. The van der Waals surface area contributed by atoms with Gasteiger partial charge in [0.15, 0.2) is 17.2 Å². The van der Waals surface area contributed by atoms with Gasteiger partial charge in [0.2, 0.25) is 11.6 Å². The average molecular weight is 659 g/mol. The Labute approximate surface area is 255 Å². The Morgan fingerprint density at radius 1 is 1.29 bits per heavy atom. The van der Waals surface area contributed by atoms with Crippen molar-refractivity contribution in [3.63, 3.8) is 0 Å². The highest BCUT2D eigenvalue weighted by atomic mass is 79.9. The molecule has 4 aromatic rings. The summed E-state index contributed by atoms with van der Waals surface area (Å²) in [4.78, 5) is 15.4. The van der Waals surface area contributed by atoms with Crippen molar-refractivity contribution in [2.75, 3.05) is 25.9 Å². The number of benzene rings is 2. The summed E-state index contributed by atoms with van der Waals surface area (Å²) < 4.78 is 18.3. The number of hydrogen-bond donors (Lipinski definition) is 2. The predicted octanol–water partition coefficient (Wildman–Crippen LogP) is 4.23. The summed E-state index contributed by atoms with van der Waals surface area (Å²) in [5, 5.41) is 20.4. The van der Waals surface area contributed by atoms with Crippen LogP contribution in [-0.2, 0) is 13.2 Å². The largest absolute Gasteiger partial charge is 0.493 e. The molecule has 1 saturated heterocycles. The summed E-state index contributed by atoms with van der Waals surface area (Å²) in [7, 11) is 1.54.